The third kappa shape index (κ3) is 6.93. The van der Waals surface area contributed by atoms with E-state index < -0.39 is 0 Å². The van der Waals surface area contributed by atoms with Crippen LogP contribution in [0.15, 0.2) is 71.5 Å². The van der Waals surface area contributed by atoms with Crippen molar-refractivity contribution in [3.8, 4) is 0 Å². The Morgan fingerprint density at radius 2 is 2.00 bits per heavy atom. The minimum absolute atomic E-state index is 0.0917. The Kier molecular flexibility index (Phi) is 9.07. The van der Waals surface area contributed by atoms with Crippen LogP contribution in [0.25, 0.3) is 0 Å². The van der Waals surface area contributed by atoms with Crippen molar-refractivity contribution in [2.45, 2.75) is 45.9 Å². The van der Waals surface area contributed by atoms with E-state index in [-0.39, 0.29) is 18.0 Å². The number of benzene rings is 1. The first kappa shape index (κ1) is 24.5. The van der Waals surface area contributed by atoms with E-state index in [0.717, 1.165) is 24.1 Å². The topological polar surface area (TPSA) is 66.0 Å². The normalized spacial score (nSPS) is 17.4. The lowest BCUT2D eigenvalue weighted by Crippen LogP contribution is -2.35. The highest BCUT2D eigenvalue weighted by atomic mass is 16.5. The van der Waals surface area contributed by atoms with Gasteiger partial charge >= 0.3 is 0 Å². The van der Waals surface area contributed by atoms with E-state index in [1.165, 1.54) is 16.7 Å². The SMILES string of the molecule is C=C/C(=C\C=C(C)C)NC/C=C\NC(N=C)c1ccc2c(c1)CN(C(=O)C1CCOCC1)C2. The Bertz CT molecular complexity index is 937. The Balaban J connectivity index is 1.54. The molecule has 6 heteroatoms. The quantitative estimate of drug-likeness (QED) is 0.412. The summed E-state index contributed by atoms with van der Waals surface area (Å²) >= 11 is 0. The smallest absolute Gasteiger partial charge is 0.226 e. The highest BCUT2D eigenvalue weighted by Gasteiger charge is 2.30. The van der Waals surface area contributed by atoms with Crippen molar-refractivity contribution in [1.82, 2.24) is 15.5 Å². The van der Waals surface area contributed by atoms with Gasteiger partial charge in [-0.2, -0.15) is 0 Å². The first-order valence-electron chi connectivity index (χ1n) is 11.6. The van der Waals surface area contributed by atoms with Gasteiger partial charge in [-0.1, -0.05) is 30.4 Å². The van der Waals surface area contributed by atoms with Crippen molar-refractivity contribution in [2.75, 3.05) is 19.8 Å². The van der Waals surface area contributed by atoms with Gasteiger partial charge in [0.15, 0.2) is 0 Å². The molecule has 0 radical (unpaired) electrons. The fraction of sp³-hybridized carbons (Fsp3) is 0.407. The zero-order chi connectivity index (χ0) is 23.6. The van der Waals surface area contributed by atoms with Crippen LogP contribution in [0.3, 0.4) is 0 Å². The van der Waals surface area contributed by atoms with Gasteiger partial charge in [-0.05, 0) is 80.6 Å². The number of hydrogen-bond donors (Lipinski definition) is 2. The van der Waals surface area contributed by atoms with Crippen LogP contribution >= 0.6 is 0 Å². The molecule has 176 valence electrons. The summed E-state index contributed by atoms with van der Waals surface area (Å²) in [6.07, 6.45) is 11.2. The van der Waals surface area contributed by atoms with Crippen molar-refractivity contribution >= 4 is 12.6 Å². The molecule has 1 aromatic carbocycles. The first-order valence-corrected chi connectivity index (χ1v) is 11.6. The lowest BCUT2D eigenvalue weighted by atomic mass is 9.99. The second-order valence-corrected chi connectivity index (χ2v) is 8.71. The van der Waals surface area contributed by atoms with Crippen LogP contribution < -0.4 is 10.6 Å². The maximum atomic E-state index is 12.9. The van der Waals surface area contributed by atoms with Gasteiger partial charge < -0.3 is 20.3 Å². The standard InChI is InChI=1S/C27H36N4O2/c1-5-25(10-7-20(2)3)29-13-6-14-30-26(28-4)22-8-9-23-18-31(19-24(23)17-22)27(32)21-11-15-33-16-12-21/h5-10,14,17,21,26,29-30H,1,4,11-13,15-16,18-19H2,2-3H3/b14-6-,25-10+. The molecule has 1 aromatic rings. The van der Waals surface area contributed by atoms with Gasteiger partial charge in [-0.3, -0.25) is 9.79 Å². The lowest BCUT2D eigenvalue weighted by Gasteiger charge is -2.26. The average molecular weight is 449 g/mol. The summed E-state index contributed by atoms with van der Waals surface area (Å²) in [5.41, 5.74) is 5.64. The van der Waals surface area contributed by atoms with E-state index in [0.29, 0.717) is 32.8 Å². The molecule has 2 heterocycles. The molecule has 1 fully saturated rings. The van der Waals surface area contributed by atoms with Crippen molar-refractivity contribution < 1.29 is 9.53 Å². The molecule has 0 bridgehead atoms. The summed E-state index contributed by atoms with van der Waals surface area (Å²) in [4.78, 5) is 19.1. The minimum atomic E-state index is -0.244. The van der Waals surface area contributed by atoms with Crippen LogP contribution in [-0.4, -0.2) is 37.3 Å². The number of allylic oxidation sites excluding steroid dienone is 4. The highest BCUT2D eigenvalue weighted by Crippen LogP contribution is 2.29. The zero-order valence-corrected chi connectivity index (χ0v) is 19.8. The summed E-state index contributed by atoms with van der Waals surface area (Å²) in [5, 5.41) is 6.62. The third-order valence-electron chi connectivity index (χ3n) is 5.95. The molecule has 6 nitrogen and oxygen atoms in total. The molecule has 3 rings (SSSR count). The number of nitrogens with zero attached hydrogens (tertiary/aromatic N) is 2. The monoisotopic (exact) mass is 448 g/mol. The number of amides is 1. The zero-order valence-electron chi connectivity index (χ0n) is 19.8. The Hall–Kier alpha value is -3.12. The molecule has 1 amide bonds. The molecule has 2 N–H and O–H groups in total. The van der Waals surface area contributed by atoms with E-state index in [1.54, 1.807) is 6.08 Å². The fourth-order valence-corrected chi connectivity index (χ4v) is 4.05. The van der Waals surface area contributed by atoms with Gasteiger partial charge in [0.05, 0.1) is 0 Å². The van der Waals surface area contributed by atoms with E-state index in [4.69, 9.17) is 4.74 Å². The molecule has 1 unspecified atom stereocenters. The summed E-state index contributed by atoms with van der Waals surface area (Å²) in [6, 6.07) is 6.32. The number of nitrogens with one attached hydrogen (secondary N) is 2. The lowest BCUT2D eigenvalue weighted by molar-refractivity contribution is -0.139. The average Bonchev–Trinajstić information content (AvgIpc) is 3.26. The van der Waals surface area contributed by atoms with Gasteiger partial charge in [-0.25, -0.2) is 0 Å². The van der Waals surface area contributed by atoms with Crippen molar-refractivity contribution in [3.63, 3.8) is 0 Å². The molecular weight excluding hydrogens is 412 g/mol. The highest BCUT2D eigenvalue weighted by molar-refractivity contribution is 5.79. The van der Waals surface area contributed by atoms with E-state index in [9.17, 15) is 4.79 Å². The van der Waals surface area contributed by atoms with Crippen LogP contribution in [0, 0.1) is 5.92 Å². The maximum absolute atomic E-state index is 12.9. The molecule has 0 aromatic heterocycles. The summed E-state index contributed by atoms with van der Waals surface area (Å²) in [5.74, 6) is 0.342. The third-order valence-corrected chi connectivity index (χ3v) is 5.95. The summed E-state index contributed by atoms with van der Waals surface area (Å²) in [6.45, 7) is 15.1. The predicted molar refractivity (Wildman–Crippen MR) is 135 cm³/mol. The number of fused-ring (bicyclic) bond motifs is 1. The number of aliphatic imine (C=N–C) groups is 1. The van der Waals surface area contributed by atoms with Crippen LogP contribution in [0.1, 0.15) is 49.5 Å². The summed E-state index contributed by atoms with van der Waals surface area (Å²) in [7, 11) is 0. The fourth-order valence-electron chi connectivity index (χ4n) is 4.05. The number of ether oxygens (including phenoxy) is 1. The Morgan fingerprint density at radius 3 is 2.70 bits per heavy atom. The van der Waals surface area contributed by atoms with Crippen molar-refractivity contribution in [3.05, 3.63) is 83.2 Å². The van der Waals surface area contributed by atoms with Crippen molar-refractivity contribution in [2.24, 2.45) is 10.9 Å². The second kappa shape index (κ2) is 12.2. The molecule has 1 saturated heterocycles. The largest absolute Gasteiger partial charge is 0.382 e. The molecule has 0 saturated carbocycles. The Morgan fingerprint density at radius 1 is 1.24 bits per heavy atom. The molecule has 2 aliphatic heterocycles. The van der Waals surface area contributed by atoms with Gasteiger partial charge in [0.1, 0.15) is 6.17 Å². The molecule has 0 aliphatic carbocycles. The van der Waals surface area contributed by atoms with Gasteiger partial charge in [-0.15, -0.1) is 0 Å². The minimum Gasteiger partial charge on any atom is -0.382 e. The molecule has 33 heavy (non-hydrogen) atoms. The molecular formula is C27H36N4O2. The van der Waals surface area contributed by atoms with Crippen LogP contribution in [0.5, 0.6) is 0 Å². The summed E-state index contributed by atoms with van der Waals surface area (Å²) < 4.78 is 5.40. The number of hydrogen-bond acceptors (Lipinski definition) is 5. The van der Waals surface area contributed by atoms with E-state index in [2.05, 4.69) is 67.0 Å². The molecule has 1 atom stereocenters. The molecule has 2 aliphatic rings. The number of rotatable bonds is 10. The maximum Gasteiger partial charge on any atom is 0.226 e. The second-order valence-electron chi connectivity index (χ2n) is 8.71. The molecule has 0 spiro atoms. The van der Waals surface area contributed by atoms with E-state index >= 15 is 0 Å². The number of carbonyl (C=O) groups excluding carboxylic acids is 1. The number of carbonyl (C=O) groups is 1. The van der Waals surface area contributed by atoms with Crippen LogP contribution in [0.2, 0.25) is 0 Å². The van der Waals surface area contributed by atoms with Crippen molar-refractivity contribution in [1.29, 1.82) is 0 Å². The Labute approximate surface area is 197 Å². The van der Waals surface area contributed by atoms with Gasteiger partial charge in [0.25, 0.3) is 0 Å². The first-order chi connectivity index (χ1) is 16.0. The van der Waals surface area contributed by atoms with Gasteiger partial charge in [0.2, 0.25) is 5.91 Å². The van der Waals surface area contributed by atoms with Crippen LogP contribution in [0.4, 0.5) is 0 Å². The van der Waals surface area contributed by atoms with Crippen LogP contribution in [-0.2, 0) is 22.6 Å². The van der Waals surface area contributed by atoms with Gasteiger partial charge in [0, 0.05) is 44.5 Å². The predicted octanol–water partition coefficient (Wildman–Crippen LogP) is 4.38. The van der Waals surface area contributed by atoms with E-state index in [1.807, 2.05) is 23.3 Å².